The average Bonchev–Trinajstić information content (AvgIpc) is 2.50. The summed E-state index contributed by atoms with van der Waals surface area (Å²) in [5.41, 5.74) is 0.608. The molecule has 0 unspecified atom stereocenters. The lowest BCUT2D eigenvalue weighted by molar-refractivity contribution is -0.120. The summed E-state index contributed by atoms with van der Waals surface area (Å²) < 4.78 is 33.9. The van der Waals surface area contributed by atoms with Crippen molar-refractivity contribution in [3.05, 3.63) is 23.8 Å². The van der Waals surface area contributed by atoms with E-state index in [1.54, 1.807) is 0 Å². The minimum absolute atomic E-state index is 0.325. The summed E-state index contributed by atoms with van der Waals surface area (Å²) in [6.07, 6.45) is 1.06. The highest BCUT2D eigenvalue weighted by atomic mass is 32.2. The molecule has 1 aliphatic heterocycles. The lowest BCUT2D eigenvalue weighted by atomic mass is 9.84. The van der Waals surface area contributed by atoms with Gasteiger partial charge in [-0.3, -0.25) is 4.79 Å². The van der Waals surface area contributed by atoms with Gasteiger partial charge in [0, 0.05) is 18.2 Å². The number of hydrogen-bond donors (Lipinski definition) is 1. The number of fused-ring (bicyclic) bond motifs is 1. The maximum atomic E-state index is 12.0. The summed E-state index contributed by atoms with van der Waals surface area (Å²) in [7, 11) is -3.40. The average molecular weight is 341 g/mol. The predicted octanol–water partition coefficient (Wildman–Crippen LogP) is 1.28. The van der Waals surface area contributed by atoms with Gasteiger partial charge in [0.25, 0.3) is 0 Å². The summed E-state index contributed by atoms with van der Waals surface area (Å²) in [5, 5.41) is 1.66. The molecule has 2 rings (SSSR count). The molecule has 0 saturated heterocycles. The molecule has 23 heavy (non-hydrogen) atoms. The summed E-state index contributed by atoms with van der Waals surface area (Å²) in [5.74, 6) is 0.918. The third-order valence-electron chi connectivity index (χ3n) is 4.04. The molecule has 1 aromatic carbocycles. The Hall–Kier alpha value is -1.76. The zero-order valence-corrected chi connectivity index (χ0v) is 14.7. The van der Waals surface area contributed by atoms with E-state index < -0.39 is 21.0 Å². The van der Waals surface area contributed by atoms with Crippen LogP contribution in [0.4, 0.5) is 0 Å². The van der Waals surface area contributed by atoms with Gasteiger partial charge in [-0.05, 0) is 24.6 Å². The molecule has 1 atom stereocenters. The van der Waals surface area contributed by atoms with Crippen molar-refractivity contribution in [1.29, 1.82) is 0 Å². The highest BCUT2D eigenvalue weighted by Crippen LogP contribution is 2.34. The van der Waals surface area contributed by atoms with Crippen molar-refractivity contribution in [2.24, 2.45) is 0 Å². The van der Waals surface area contributed by atoms with Crippen molar-refractivity contribution in [3.8, 4) is 11.5 Å². The normalized spacial score (nSPS) is 15.8. The summed E-state index contributed by atoms with van der Waals surface area (Å²) in [6.45, 7) is 6.72. The van der Waals surface area contributed by atoms with Gasteiger partial charge in [-0.25, -0.2) is 8.42 Å². The van der Waals surface area contributed by atoms with E-state index in [-0.39, 0.29) is 5.41 Å². The van der Waals surface area contributed by atoms with Crippen LogP contribution in [0.1, 0.15) is 26.3 Å². The number of rotatable bonds is 5. The zero-order chi connectivity index (χ0) is 17.3. The van der Waals surface area contributed by atoms with Gasteiger partial charge in [0.2, 0.25) is 5.91 Å². The molecule has 1 N–H and O–H groups in total. The fraction of sp³-hybridized carbons (Fsp3) is 0.562. The van der Waals surface area contributed by atoms with Gasteiger partial charge in [0.05, 0.1) is 0 Å². The van der Waals surface area contributed by atoms with E-state index in [9.17, 15) is 13.2 Å². The van der Waals surface area contributed by atoms with E-state index in [1.165, 1.54) is 6.92 Å². The lowest BCUT2D eigenvalue weighted by Gasteiger charge is -2.28. The molecule has 1 amide bonds. The number of hydrogen-bond acceptors (Lipinski definition) is 5. The molecular formula is C16H23NO5S. The van der Waals surface area contributed by atoms with Gasteiger partial charge in [0.1, 0.15) is 18.5 Å². The number of benzene rings is 1. The van der Waals surface area contributed by atoms with Crippen LogP contribution < -0.4 is 14.8 Å². The molecule has 1 aliphatic rings. The van der Waals surface area contributed by atoms with Gasteiger partial charge in [0.15, 0.2) is 21.3 Å². The molecule has 0 spiro atoms. The fourth-order valence-corrected chi connectivity index (χ4v) is 2.68. The Morgan fingerprint density at radius 1 is 1.26 bits per heavy atom. The maximum Gasteiger partial charge on any atom is 0.238 e. The minimum atomic E-state index is -3.40. The van der Waals surface area contributed by atoms with Crippen LogP contribution in [0.25, 0.3) is 0 Å². The highest BCUT2D eigenvalue weighted by Gasteiger charge is 2.28. The molecule has 0 fully saturated rings. The van der Waals surface area contributed by atoms with Gasteiger partial charge in [-0.2, -0.15) is 0 Å². The van der Waals surface area contributed by atoms with Crippen molar-refractivity contribution >= 4 is 15.7 Å². The SMILES string of the molecule is C[C@@H](C(=O)NCC(C)(C)c1ccc2c(c1)OCCO2)S(C)(=O)=O. The second-order valence-electron chi connectivity index (χ2n) is 6.43. The van der Waals surface area contributed by atoms with Gasteiger partial charge < -0.3 is 14.8 Å². The quantitative estimate of drug-likeness (QED) is 0.872. The second-order valence-corrected chi connectivity index (χ2v) is 8.80. The van der Waals surface area contributed by atoms with Crippen LogP contribution in [-0.4, -0.2) is 45.6 Å². The molecule has 0 radical (unpaired) electrons. The van der Waals surface area contributed by atoms with E-state index in [0.29, 0.717) is 31.3 Å². The molecule has 1 aromatic rings. The van der Waals surface area contributed by atoms with Crippen LogP contribution in [0.2, 0.25) is 0 Å². The Morgan fingerprint density at radius 3 is 2.48 bits per heavy atom. The predicted molar refractivity (Wildman–Crippen MR) is 87.8 cm³/mol. The fourth-order valence-electron chi connectivity index (χ4n) is 2.21. The lowest BCUT2D eigenvalue weighted by Crippen LogP contribution is -2.43. The van der Waals surface area contributed by atoms with Crippen LogP contribution in [0.5, 0.6) is 11.5 Å². The molecular weight excluding hydrogens is 318 g/mol. The van der Waals surface area contributed by atoms with Crippen LogP contribution in [0.15, 0.2) is 18.2 Å². The molecule has 0 saturated carbocycles. The largest absolute Gasteiger partial charge is 0.486 e. The molecule has 7 heteroatoms. The van der Waals surface area contributed by atoms with E-state index in [1.807, 2.05) is 32.0 Å². The molecule has 1 heterocycles. The first-order valence-corrected chi connectivity index (χ1v) is 9.43. The monoisotopic (exact) mass is 341 g/mol. The number of carbonyl (C=O) groups excluding carboxylic acids is 1. The number of carbonyl (C=O) groups is 1. The summed E-state index contributed by atoms with van der Waals surface area (Å²) in [4.78, 5) is 12.0. The van der Waals surface area contributed by atoms with E-state index in [4.69, 9.17) is 9.47 Å². The van der Waals surface area contributed by atoms with Crippen LogP contribution in [-0.2, 0) is 20.0 Å². The van der Waals surface area contributed by atoms with Crippen LogP contribution in [0, 0.1) is 0 Å². The highest BCUT2D eigenvalue weighted by molar-refractivity contribution is 7.92. The molecule has 0 aliphatic carbocycles. The summed E-state index contributed by atoms with van der Waals surface area (Å²) >= 11 is 0. The zero-order valence-electron chi connectivity index (χ0n) is 13.9. The van der Waals surface area contributed by atoms with Gasteiger partial charge >= 0.3 is 0 Å². The first kappa shape index (κ1) is 17.6. The van der Waals surface area contributed by atoms with E-state index in [2.05, 4.69) is 5.32 Å². The molecule has 0 bridgehead atoms. The smallest absolute Gasteiger partial charge is 0.238 e. The number of nitrogens with one attached hydrogen (secondary N) is 1. The summed E-state index contributed by atoms with van der Waals surface area (Å²) in [6, 6.07) is 5.69. The number of amides is 1. The van der Waals surface area contributed by atoms with Crippen molar-refractivity contribution in [3.63, 3.8) is 0 Å². The van der Waals surface area contributed by atoms with Crippen molar-refractivity contribution in [2.45, 2.75) is 31.4 Å². The van der Waals surface area contributed by atoms with Gasteiger partial charge in [-0.15, -0.1) is 0 Å². The van der Waals surface area contributed by atoms with E-state index in [0.717, 1.165) is 11.8 Å². The Balaban J connectivity index is 2.08. The van der Waals surface area contributed by atoms with Crippen LogP contribution in [0.3, 0.4) is 0 Å². The van der Waals surface area contributed by atoms with Crippen molar-refractivity contribution in [1.82, 2.24) is 5.32 Å². The number of sulfone groups is 1. The van der Waals surface area contributed by atoms with E-state index >= 15 is 0 Å². The first-order valence-electron chi connectivity index (χ1n) is 7.48. The second kappa shape index (κ2) is 6.39. The molecule has 0 aromatic heterocycles. The van der Waals surface area contributed by atoms with Crippen LogP contribution >= 0.6 is 0 Å². The van der Waals surface area contributed by atoms with Crippen molar-refractivity contribution in [2.75, 3.05) is 26.0 Å². The Labute approximate surface area is 137 Å². The number of ether oxygens (including phenoxy) is 2. The topological polar surface area (TPSA) is 81.7 Å². The molecule has 6 nitrogen and oxygen atoms in total. The third kappa shape index (κ3) is 4.16. The Kier molecular flexibility index (Phi) is 4.89. The van der Waals surface area contributed by atoms with Crippen molar-refractivity contribution < 1.29 is 22.7 Å². The molecule has 128 valence electrons. The van der Waals surface area contributed by atoms with Gasteiger partial charge in [-0.1, -0.05) is 19.9 Å². The Bertz CT molecular complexity index is 696. The minimum Gasteiger partial charge on any atom is -0.486 e. The Morgan fingerprint density at radius 2 is 1.87 bits per heavy atom. The first-order chi connectivity index (χ1) is 10.6. The standard InChI is InChI=1S/C16H23NO5S/c1-11(23(4,19)20)15(18)17-10-16(2,3)12-5-6-13-14(9-12)22-8-7-21-13/h5-6,9,11H,7-8,10H2,1-4H3,(H,17,18)/t11-/m0/s1. The third-order valence-corrected chi connectivity index (χ3v) is 5.54. The maximum absolute atomic E-state index is 12.0.